The second-order valence-electron chi connectivity index (χ2n) is 2.70. The average Bonchev–Trinajstić information content (AvgIpc) is 1.85. The quantitative estimate of drug-likeness (QED) is 0.594. The van der Waals surface area contributed by atoms with Crippen LogP contribution in [0.15, 0.2) is 24.3 Å². The van der Waals surface area contributed by atoms with Gasteiger partial charge in [-0.25, -0.2) is 0 Å². The highest BCUT2D eigenvalue weighted by molar-refractivity contribution is 4.94. The van der Waals surface area contributed by atoms with Crippen LogP contribution in [0.5, 0.6) is 0 Å². The Bertz CT molecular complexity index is 121. The third-order valence-electron chi connectivity index (χ3n) is 1.24. The topological polar surface area (TPSA) is 20.2 Å². The molecule has 0 amide bonds. The first-order valence-electron chi connectivity index (χ1n) is 3.59. The summed E-state index contributed by atoms with van der Waals surface area (Å²) in [5, 5.41) is 9.18. The average molecular weight is 140 g/mol. The van der Waals surface area contributed by atoms with Gasteiger partial charge in [-0.3, -0.25) is 0 Å². The molecule has 0 aromatic heterocycles. The fraction of sp³-hybridized carbons (Fsp3) is 0.556. The minimum atomic E-state index is -0.243. The highest BCUT2D eigenvalue weighted by Crippen LogP contribution is 2.01. The van der Waals surface area contributed by atoms with Gasteiger partial charge in [-0.05, 0) is 26.7 Å². The van der Waals surface area contributed by atoms with E-state index in [0.29, 0.717) is 6.42 Å². The van der Waals surface area contributed by atoms with E-state index < -0.39 is 0 Å². The van der Waals surface area contributed by atoms with Crippen molar-refractivity contribution in [1.29, 1.82) is 0 Å². The molecule has 1 unspecified atom stereocenters. The van der Waals surface area contributed by atoms with Crippen molar-refractivity contribution in [1.82, 2.24) is 0 Å². The Morgan fingerprint density at radius 1 is 1.50 bits per heavy atom. The van der Waals surface area contributed by atoms with Crippen molar-refractivity contribution in [2.24, 2.45) is 0 Å². The highest BCUT2D eigenvalue weighted by atomic mass is 16.3. The van der Waals surface area contributed by atoms with Crippen molar-refractivity contribution < 1.29 is 5.11 Å². The Balaban J connectivity index is 3.48. The molecule has 1 N–H and O–H groups in total. The van der Waals surface area contributed by atoms with Crippen LogP contribution in [-0.4, -0.2) is 11.2 Å². The molecule has 0 radical (unpaired) electrons. The molecule has 1 atom stereocenters. The Morgan fingerprint density at radius 2 is 2.10 bits per heavy atom. The lowest BCUT2D eigenvalue weighted by Gasteiger charge is -2.02. The molecule has 0 aromatic carbocycles. The molecule has 0 heterocycles. The molecule has 0 saturated heterocycles. The molecule has 0 aliphatic heterocycles. The van der Waals surface area contributed by atoms with E-state index in [4.69, 9.17) is 0 Å². The first-order valence-corrected chi connectivity index (χ1v) is 3.59. The summed E-state index contributed by atoms with van der Waals surface area (Å²) in [6.45, 7) is 7.60. The molecule has 1 nitrogen and oxygen atoms in total. The second-order valence-corrected chi connectivity index (χ2v) is 2.70. The predicted molar refractivity (Wildman–Crippen MR) is 44.9 cm³/mol. The summed E-state index contributed by atoms with van der Waals surface area (Å²) < 4.78 is 0. The van der Waals surface area contributed by atoms with Crippen LogP contribution in [0.1, 0.15) is 26.7 Å². The third kappa shape index (κ3) is 5.57. The van der Waals surface area contributed by atoms with Gasteiger partial charge in [0.05, 0.1) is 6.10 Å². The second kappa shape index (κ2) is 5.24. The SMILES string of the molecule is C=CCC(O)CC=C(C)C. The smallest absolute Gasteiger partial charge is 0.0609 e. The number of allylic oxidation sites excluding steroid dienone is 1. The summed E-state index contributed by atoms with van der Waals surface area (Å²) in [4.78, 5) is 0. The fourth-order valence-corrected chi connectivity index (χ4v) is 0.660. The Labute approximate surface area is 63.1 Å². The Kier molecular flexibility index (Phi) is 4.95. The Hall–Kier alpha value is -0.560. The van der Waals surface area contributed by atoms with Gasteiger partial charge in [-0.1, -0.05) is 17.7 Å². The highest BCUT2D eigenvalue weighted by Gasteiger charge is 1.96. The maximum absolute atomic E-state index is 9.18. The standard InChI is InChI=1S/C9H16O/c1-4-5-9(10)7-6-8(2)3/h4,6,9-10H,1,5,7H2,2-3H3. The van der Waals surface area contributed by atoms with E-state index in [9.17, 15) is 5.11 Å². The molecule has 58 valence electrons. The number of aliphatic hydroxyl groups is 1. The summed E-state index contributed by atoms with van der Waals surface area (Å²) in [5.74, 6) is 0. The van der Waals surface area contributed by atoms with Crippen LogP contribution in [0, 0.1) is 0 Å². The summed E-state index contributed by atoms with van der Waals surface area (Å²) >= 11 is 0. The maximum atomic E-state index is 9.18. The van der Waals surface area contributed by atoms with Crippen molar-refractivity contribution in [3.63, 3.8) is 0 Å². The zero-order valence-corrected chi connectivity index (χ0v) is 6.80. The molecule has 0 aromatic rings. The van der Waals surface area contributed by atoms with Crippen molar-refractivity contribution >= 4 is 0 Å². The van der Waals surface area contributed by atoms with E-state index >= 15 is 0 Å². The lowest BCUT2D eigenvalue weighted by Crippen LogP contribution is -2.02. The summed E-state index contributed by atoms with van der Waals surface area (Å²) in [7, 11) is 0. The zero-order chi connectivity index (χ0) is 7.98. The van der Waals surface area contributed by atoms with Crippen molar-refractivity contribution in [3.8, 4) is 0 Å². The first kappa shape index (κ1) is 9.44. The van der Waals surface area contributed by atoms with Crippen LogP contribution >= 0.6 is 0 Å². The van der Waals surface area contributed by atoms with Crippen LogP contribution in [0.25, 0.3) is 0 Å². The third-order valence-corrected chi connectivity index (χ3v) is 1.24. The number of aliphatic hydroxyl groups excluding tert-OH is 1. The Morgan fingerprint density at radius 3 is 2.50 bits per heavy atom. The van der Waals surface area contributed by atoms with Crippen molar-refractivity contribution in [3.05, 3.63) is 24.3 Å². The molecule has 0 spiro atoms. The van der Waals surface area contributed by atoms with Crippen LogP contribution < -0.4 is 0 Å². The maximum Gasteiger partial charge on any atom is 0.0609 e. The molecule has 10 heavy (non-hydrogen) atoms. The molecule has 0 aliphatic carbocycles. The summed E-state index contributed by atoms with van der Waals surface area (Å²) in [6.07, 6.45) is 4.96. The zero-order valence-electron chi connectivity index (χ0n) is 6.80. The minimum Gasteiger partial charge on any atom is -0.392 e. The van der Waals surface area contributed by atoms with Gasteiger partial charge in [-0.2, -0.15) is 0 Å². The predicted octanol–water partition coefficient (Wildman–Crippen LogP) is 2.28. The van der Waals surface area contributed by atoms with E-state index in [0.717, 1.165) is 6.42 Å². The van der Waals surface area contributed by atoms with Gasteiger partial charge in [-0.15, -0.1) is 6.58 Å². The van der Waals surface area contributed by atoms with Gasteiger partial charge in [0.25, 0.3) is 0 Å². The van der Waals surface area contributed by atoms with Crippen LogP contribution in [0.2, 0.25) is 0 Å². The van der Waals surface area contributed by atoms with E-state index in [-0.39, 0.29) is 6.10 Å². The fourth-order valence-electron chi connectivity index (χ4n) is 0.660. The lowest BCUT2D eigenvalue weighted by molar-refractivity contribution is 0.181. The first-order chi connectivity index (χ1) is 4.66. The van der Waals surface area contributed by atoms with Crippen molar-refractivity contribution in [2.45, 2.75) is 32.8 Å². The van der Waals surface area contributed by atoms with Gasteiger partial charge in [0, 0.05) is 0 Å². The van der Waals surface area contributed by atoms with Crippen molar-refractivity contribution in [2.75, 3.05) is 0 Å². The van der Waals surface area contributed by atoms with E-state index in [1.165, 1.54) is 5.57 Å². The molecular weight excluding hydrogens is 124 g/mol. The monoisotopic (exact) mass is 140 g/mol. The molecule has 0 aliphatic rings. The normalized spacial score (nSPS) is 12.3. The summed E-state index contributed by atoms with van der Waals surface area (Å²) in [6, 6.07) is 0. The minimum absolute atomic E-state index is 0.243. The van der Waals surface area contributed by atoms with Gasteiger partial charge in [0.1, 0.15) is 0 Å². The summed E-state index contributed by atoms with van der Waals surface area (Å²) in [5.41, 5.74) is 1.25. The molecule has 0 bridgehead atoms. The largest absolute Gasteiger partial charge is 0.392 e. The van der Waals surface area contributed by atoms with E-state index in [1.807, 2.05) is 19.9 Å². The van der Waals surface area contributed by atoms with Crippen LogP contribution in [0.3, 0.4) is 0 Å². The van der Waals surface area contributed by atoms with Gasteiger partial charge in [0.2, 0.25) is 0 Å². The van der Waals surface area contributed by atoms with E-state index in [1.54, 1.807) is 6.08 Å². The van der Waals surface area contributed by atoms with Crippen LogP contribution in [-0.2, 0) is 0 Å². The number of hydrogen-bond acceptors (Lipinski definition) is 1. The molecule has 0 saturated carbocycles. The molecular formula is C9H16O. The van der Waals surface area contributed by atoms with Gasteiger partial charge < -0.3 is 5.11 Å². The van der Waals surface area contributed by atoms with Gasteiger partial charge >= 0.3 is 0 Å². The van der Waals surface area contributed by atoms with Crippen LogP contribution in [0.4, 0.5) is 0 Å². The van der Waals surface area contributed by atoms with E-state index in [2.05, 4.69) is 6.58 Å². The number of rotatable bonds is 4. The lowest BCUT2D eigenvalue weighted by atomic mass is 10.1. The molecule has 1 heteroatoms. The molecule has 0 fully saturated rings. The van der Waals surface area contributed by atoms with Gasteiger partial charge in [0.15, 0.2) is 0 Å². The number of hydrogen-bond donors (Lipinski definition) is 1. The molecule has 0 rings (SSSR count).